The van der Waals surface area contributed by atoms with Gasteiger partial charge in [-0.3, -0.25) is 9.36 Å². The average molecular weight is 867 g/mol. The molecule has 3 atom stereocenters. The second-order valence-corrected chi connectivity index (χ2v) is 19.9. The van der Waals surface area contributed by atoms with E-state index in [1.165, 1.54) is 173 Å². The molecule has 0 saturated heterocycles. The number of carbonyl (C=O) groups is 1. The van der Waals surface area contributed by atoms with Crippen LogP contribution in [0.15, 0.2) is 36.5 Å². The van der Waals surface area contributed by atoms with Crippen molar-refractivity contribution >= 4 is 13.7 Å². The van der Waals surface area contributed by atoms with Crippen LogP contribution in [0.5, 0.6) is 0 Å². The Bertz CT molecular complexity index is 1070. The van der Waals surface area contributed by atoms with Gasteiger partial charge < -0.3 is 28.8 Å². The van der Waals surface area contributed by atoms with E-state index < -0.39 is 26.6 Å². The van der Waals surface area contributed by atoms with Gasteiger partial charge in [-0.1, -0.05) is 204 Å². The second kappa shape index (κ2) is 43.0. The monoisotopic (exact) mass is 867 g/mol. The van der Waals surface area contributed by atoms with Crippen molar-refractivity contribution in [3.63, 3.8) is 0 Å². The normalized spacial score (nSPS) is 14.4. The zero-order valence-electron chi connectivity index (χ0n) is 40.2. The van der Waals surface area contributed by atoms with E-state index in [1.54, 1.807) is 6.08 Å². The Kier molecular flexibility index (Phi) is 42.1. The molecule has 0 spiro atoms. The third kappa shape index (κ3) is 44.8. The van der Waals surface area contributed by atoms with Crippen molar-refractivity contribution in [2.45, 2.75) is 244 Å². The van der Waals surface area contributed by atoms with Gasteiger partial charge in [0.1, 0.15) is 13.2 Å². The first-order valence-electron chi connectivity index (χ1n) is 25.4. The largest absolute Gasteiger partial charge is 0.756 e. The first kappa shape index (κ1) is 58.7. The third-order valence-corrected chi connectivity index (χ3v) is 12.3. The molecule has 60 heavy (non-hydrogen) atoms. The molecule has 0 fully saturated rings. The van der Waals surface area contributed by atoms with E-state index in [9.17, 15) is 19.4 Å². The van der Waals surface area contributed by atoms with E-state index in [-0.39, 0.29) is 12.5 Å². The standard InChI is InChI=1S/C51H99N2O6P/c1-6-8-10-12-14-16-18-20-22-24-25-26-27-29-31-33-35-37-39-41-43-45-51(55)52-49(48-59-60(56,57)58-47-46-53(3,4)5)50(54)44-42-40-38-36-34-32-30-28-23-21-19-17-15-13-11-9-7-2/h24-25,34,36,42,44,49-50,54H,6-23,26-33,35,37-41,43,45-48H2,1-5H3,(H-,52,55,56,57)/b25-24-,36-34+,44-42+. The summed E-state index contributed by atoms with van der Waals surface area (Å²) in [6.45, 7) is 4.64. The van der Waals surface area contributed by atoms with Crippen molar-refractivity contribution in [1.82, 2.24) is 5.32 Å². The molecule has 354 valence electrons. The summed E-state index contributed by atoms with van der Waals surface area (Å²) >= 11 is 0. The molecule has 0 saturated carbocycles. The SMILES string of the molecule is CCCCCCCCCC/C=C\CCCCCCCCCCCC(=O)NC(COP(=O)([O-])OCC[N+](C)(C)C)C(O)/C=C/CC/C=C/CCCCCCCCCCCCC. The number of carbonyl (C=O) groups excluding carboxylic acids is 1. The smallest absolute Gasteiger partial charge is 0.268 e. The molecule has 0 bridgehead atoms. The van der Waals surface area contributed by atoms with Gasteiger partial charge in [0, 0.05) is 6.42 Å². The van der Waals surface area contributed by atoms with Gasteiger partial charge in [-0.2, -0.15) is 0 Å². The van der Waals surface area contributed by atoms with Crippen molar-refractivity contribution < 1.29 is 32.9 Å². The molecule has 1 amide bonds. The molecule has 0 heterocycles. The Morgan fingerprint density at radius 1 is 0.567 bits per heavy atom. The number of aliphatic hydroxyl groups excluding tert-OH is 1. The number of quaternary nitrogens is 1. The number of phosphoric acid groups is 1. The highest BCUT2D eigenvalue weighted by molar-refractivity contribution is 7.45. The van der Waals surface area contributed by atoms with Crippen molar-refractivity contribution in [3.8, 4) is 0 Å². The van der Waals surface area contributed by atoms with Gasteiger partial charge in [-0.05, 0) is 57.8 Å². The van der Waals surface area contributed by atoms with Crippen LogP contribution in [0.4, 0.5) is 0 Å². The van der Waals surface area contributed by atoms with Crippen molar-refractivity contribution in [2.24, 2.45) is 0 Å². The van der Waals surface area contributed by atoms with Crippen LogP contribution in [0.25, 0.3) is 0 Å². The highest BCUT2D eigenvalue weighted by Crippen LogP contribution is 2.38. The number of hydrogen-bond acceptors (Lipinski definition) is 6. The first-order valence-corrected chi connectivity index (χ1v) is 26.8. The second-order valence-electron chi connectivity index (χ2n) is 18.5. The molecule has 0 aromatic rings. The molecule has 2 N–H and O–H groups in total. The fourth-order valence-electron chi connectivity index (χ4n) is 7.28. The van der Waals surface area contributed by atoms with Crippen LogP contribution in [-0.4, -0.2) is 68.5 Å². The van der Waals surface area contributed by atoms with E-state index in [1.807, 2.05) is 27.2 Å². The van der Waals surface area contributed by atoms with E-state index >= 15 is 0 Å². The maximum Gasteiger partial charge on any atom is 0.268 e. The number of phosphoric ester groups is 1. The van der Waals surface area contributed by atoms with Gasteiger partial charge >= 0.3 is 0 Å². The lowest BCUT2D eigenvalue weighted by atomic mass is 10.0. The Hall–Kier alpha value is -1.28. The maximum atomic E-state index is 12.9. The van der Waals surface area contributed by atoms with Crippen LogP contribution in [0.3, 0.4) is 0 Å². The molecule has 0 aliphatic rings. The van der Waals surface area contributed by atoms with E-state index in [2.05, 4.69) is 43.5 Å². The lowest BCUT2D eigenvalue weighted by molar-refractivity contribution is -0.870. The zero-order valence-corrected chi connectivity index (χ0v) is 41.1. The summed E-state index contributed by atoms with van der Waals surface area (Å²) in [4.78, 5) is 25.4. The average Bonchev–Trinajstić information content (AvgIpc) is 3.20. The van der Waals surface area contributed by atoms with Crippen LogP contribution in [0, 0.1) is 0 Å². The number of amides is 1. The van der Waals surface area contributed by atoms with Crippen molar-refractivity contribution in [2.75, 3.05) is 40.9 Å². The third-order valence-electron chi connectivity index (χ3n) is 11.3. The first-order chi connectivity index (χ1) is 29.0. The number of nitrogens with one attached hydrogen (secondary N) is 1. The number of allylic oxidation sites excluding steroid dienone is 5. The molecular formula is C51H99N2O6P. The molecule has 0 aromatic heterocycles. The minimum Gasteiger partial charge on any atom is -0.756 e. The van der Waals surface area contributed by atoms with E-state index in [0.717, 1.165) is 38.5 Å². The van der Waals surface area contributed by atoms with E-state index in [4.69, 9.17) is 9.05 Å². The number of likely N-dealkylation sites (N-methyl/N-ethyl adjacent to an activating group) is 1. The predicted octanol–water partition coefficient (Wildman–Crippen LogP) is 14.0. The van der Waals surface area contributed by atoms with Crippen LogP contribution < -0.4 is 10.2 Å². The lowest BCUT2D eigenvalue weighted by Crippen LogP contribution is -2.45. The number of aliphatic hydroxyl groups is 1. The predicted molar refractivity (Wildman–Crippen MR) is 256 cm³/mol. The molecule has 8 nitrogen and oxygen atoms in total. The highest BCUT2D eigenvalue weighted by atomic mass is 31.2. The Morgan fingerprint density at radius 3 is 1.35 bits per heavy atom. The molecular weight excluding hydrogens is 768 g/mol. The molecule has 0 aliphatic carbocycles. The van der Waals surface area contributed by atoms with Crippen LogP contribution in [-0.2, 0) is 18.4 Å². The summed E-state index contributed by atoms with van der Waals surface area (Å²) in [5.41, 5.74) is 0. The summed E-state index contributed by atoms with van der Waals surface area (Å²) in [6.07, 6.45) is 53.4. The maximum absolute atomic E-state index is 12.9. The van der Waals surface area contributed by atoms with Gasteiger partial charge in [-0.25, -0.2) is 0 Å². The topological polar surface area (TPSA) is 108 Å². The van der Waals surface area contributed by atoms with E-state index in [0.29, 0.717) is 17.4 Å². The highest BCUT2D eigenvalue weighted by Gasteiger charge is 2.23. The Labute approximate surface area is 372 Å². The number of unbranched alkanes of at least 4 members (excludes halogenated alkanes) is 29. The van der Waals surface area contributed by atoms with Gasteiger partial charge in [-0.15, -0.1) is 0 Å². The van der Waals surface area contributed by atoms with Crippen molar-refractivity contribution in [3.05, 3.63) is 36.5 Å². The lowest BCUT2D eigenvalue weighted by Gasteiger charge is -2.29. The van der Waals surface area contributed by atoms with Crippen LogP contribution >= 0.6 is 7.82 Å². The number of hydrogen-bond donors (Lipinski definition) is 2. The summed E-state index contributed by atoms with van der Waals surface area (Å²) < 4.78 is 23.2. The van der Waals surface area contributed by atoms with Gasteiger partial charge in [0.15, 0.2) is 0 Å². The summed E-state index contributed by atoms with van der Waals surface area (Å²) in [5.74, 6) is -0.208. The van der Waals surface area contributed by atoms with Crippen molar-refractivity contribution in [1.29, 1.82) is 0 Å². The number of nitrogens with zero attached hydrogens (tertiary/aromatic N) is 1. The molecule has 3 unspecified atom stereocenters. The summed E-state index contributed by atoms with van der Waals surface area (Å²) in [6, 6.07) is -0.903. The molecule has 0 aromatic carbocycles. The Balaban J connectivity index is 4.35. The minimum absolute atomic E-state index is 0.00634. The fourth-order valence-corrected chi connectivity index (χ4v) is 8.00. The zero-order chi connectivity index (χ0) is 44.3. The Morgan fingerprint density at radius 2 is 0.933 bits per heavy atom. The minimum atomic E-state index is -4.60. The fraction of sp³-hybridized carbons (Fsp3) is 0.863. The molecule has 0 aliphatic heterocycles. The quantitative estimate of drug-likeness (QED) is 0.0273. The van der Waals surface area contributed by atoms with Gasteiger partial charge in [0.25, 0.3) is 7.82 Å². The van der Waals surface area contributed by atoms with Gasteiger partial charge in [0.05, 0.1) is 39.9 Å². The summed E-state index contributed by atoms with van der Waals surface area (Å²) in [7, 11) is 1.25. The molecule has 0 rings (SSSR count). The van der Waals surface area contributed by atoms with Crippen LogP contribution in [0.2, 0.25) is 0 Å². The molecule has 0 radical (unpaired) electrons. The number of rotatable bonds is 46. The van der Waals surface area contributed by atoms with Gasteiger partial charge in [0.2, 0.25) is 5.91 Å². The molecule has 9 heteroatoms. The van der Waals surface area contributed by atoms with Crippen LogP contribution in [0.1, 0.15) is 232 Å². The summed E-state index contributed by atoms with van der Waals surface area (Å²) in [5, 5.41) is 13.8.